The molecule has 2 aromatic carbocycles. The van der Waals surface area contributed by atoms with E-state index in [-0.39, 0.29) is 22.6 Å². The lowest BCUT2D eigenvalue weighted by atomic mass is 9.97. The predicted octanol–water partition coefficient (Wildman–Crippen LogP) is 12.0. The minimum Gasteiger partial charge on any atom is -0.426 e. The van der Waals surface area contributed by atoms with E-state index in [2.05, 4.69) is 6.92 Å². The molecule has 0 aliphatic carbocycles. The average molecular weight is 746 g/mol. The molecule has 0 saturated carbocycles. The summed E-state index contributed by atoms with van der Waals surface area (Å²) in [6, 6.07) is 12.4. The van der Waals surface area contributed by atoms with Gasteiger partial charge in [0.2, 0.25) is 11.2 Å². The van der Waals surface area contributed by atoms with Crippen molar-refractivity contribution in [3.05, 3.63) is 52.7 Å². The quantitative estimate of drug-likeness (QED) is 0.0684. The molecule has 3 aromatic rings. The molecule has 0 N–H and O–H groups in total. The third kappa shape index (κ3) is 13.1. The maximum Gasteiger partial charge on any atom is 0.316 e. The molecule has 8 nitrogen and oxygen atoms in total. The van der Waals surface area contributed by atoms with Gasteiger partial charge in [0.05, 0.1) is 32.8 Å². The third-order valence-corrected chi connectivity index (χ3v) is 9.49. The Morgan fingerprint density at radius 1 is 0.574 bits per heavy atom. The van der Waals surface area contributed by atoms with Gasteiger partial charge in [0.15, 0.2) is 0 Å². The number of carbonyl (C=O) groups excluding carboxylic acids is 3. The molecule has 0 radical (unpaired) electrons. The van der Waals surface area contributed by atoms with Gasteiger partial charge in [0, 0.05) is 24.2 Å². The van der Waals surface area contributed by atoms with Crippen molar-refractivity contribution in [2.75, 3.05) is 0 Å². The van der Waals surface area contributed by atoms with Crippen LogP contribution in [0.25, 0.3) is 22.2 Å². The van der Waals surface area contributed by atoms with Gasteiger partial charge in [0.25, 0.3) is 0 Å². The molecule has 54 heavy (non-hydrogen) atoms. The van der Waals surface area contributed by atoms with Crippen molar-refractivity contribution in [1.82, 2.24) is 4.57 Å². The largest absolute Gasteiger partial charge is 0.426 e. The highest BCUT2D eigenvalue weighted by Crippen LogP contribution is 2.39. The summed E-state index contributed by atoms with van der Waals surface area (Å²) in [7, 11) is 0. The van der Waals surface area contributed by atoms with Gasteiger partial charge in [-0.05, 0) is 68.7 Å². The van der Waals surface area contributed by atoms with Gasteiger partial charge in [-0.15, -0.1) is 0 Å². The summed E-state index contributed by atoms with van der Waals surface area (Å²) in [5.74, 6) is -1.66. The van der Waals surface area contributed by atoms with Crippen molar-refractivity contribution in [3.8, 4) is 28.5 Å². The maximum absolute atomic E-state index is 14.7. The van der Waals surface area contributed by atoms with Gasteiger partial charge in [-0.25, -0.2) is 0 Å². The Labute approximate surface area is 324 Å². The first-order valence-electron chi connectivity index (χ1n) is 20.3. The summed E-state index contributed by atoms with van der Waals surface area (Å²) >= 11 is 0. The summed E-state index contributed by atoms with van der Waals surface area (Å²) in [5, 5.41) is 0.0740. The van der Waals surface area contributed by atoms with Gasteiger partial charge in [-0.3, -0.25) is 19.2 Å². The van der Waals surface area contributed by atoms with Gasteiger partial charge in [-0.2, -0.15) is 0 Å². The van der Waals surface area contributed by atoms with Crippen LogP contribution in [0, 0.1) is 16.2 Å². The van der Waals surface area contributed by atoms with E-state index in [0.29, 0.717) is 23.3 Å². The van der Waals surface area contributed by atoms with Crippen molar-refractivity contribution < 1.29 is 28.6 Å². The number of hydrogen-bond acceptors (Lipinski definition) is 7. The highest BCUT2D eigenvalue weighted by atomic mass is 16.6. The van der Waals surface area contributed by atoms with Crippen LogP contribution < -0.4 is 19.6 Å². The summed E-state index contributed by atoms with van der Waals surface area (Å²) in [6.07, 6.45) is 17.1. The average Bonchev–Trinajstić information content (AvgIpc) is 3.09. The highest BCUT2D eigenvalue weighted by Gasteiger charge is 2.32. The van der Waals surface area contributed by atoms with Crippen LogP contribution in [0.3, 0.4) is 0 Å². The van der Waals surface area contributed by atoms with Crippen molar-refractivity contribution in [3.63, 3.8) is 0 Å². The fourth-order valence-corrected chi connectivity index (χ4v) is 6.05. The molecule has 1 aromatic heterocycles. The third-order valence-electron chi connectivity index (χ3n) is 9.49. The molecule has 0 saturated heterocycles. The first-order valence-corrected chi connectivity index (χ1v) is 20.3. The number of rotatable bonds is 19. The Morgan fingerprint density at radius 2 is 1.02 bits per heavy atom. The van der Waals surface area contributed by atoms with Gasteiger partial charge < -0.3 is 18.8 Å². The molecule has 0 unspecified atom stereocenters. The van der Waals surface area contributed by atoms with Crippen molar-refractivity contribution in [1.29, 1.82) is 0 Å². The molecule has 8 heteroatoms. The van der Waals surface area contributed by atoms with Crippen LogP contribution in [0.4, 0.5) is 0 Å². The maximum atomic E-state index is 14.7. The molecule has 3 rings (SSSR count). The molecule has 1 heterocycles. The van der Waals surface area contributed by atoms with Crippen LogP contribution in [0.2, 0.25) is 0 Å². The standard InChI is InChI=1S/C46H67NO7/c1-11-12-13-14-15-16-17-18-19-20-21-22-23-27-30-47-35-31-34(52-41(49)44(2,3)4)32-36(53-42(50)45(5,6)7)37(35)39(48)40(54-43(51)46(8,9)10)38(47)33-28-25-24-26-29-33/h24-26,28-29,31-32H,11-23,27,30H2,1-10H3. The molecule has 0 spiro atoms. The van der Waals surface area contributed by atoms with Crippen molar-refractivity contribution in [2.45, 2.75) is 166 Å². The number of aromatic nitrogens is 1. The van der Waals surface area contributed by atoms with Gasteiger partial charge in [0.1, 0.15) is 11.5 Å². The Kier molecular flexibility index (Phi) is 16.6. The minimum absolute atomic E-state index is 0.0588. The number of carbonyl (C=O) groups is 3. The van der Waals surface area contributed by atoms with Crippen LogP contribution in [0.15, 0.2) is 47.3 Å². The molecule has 0 atom stereocenters. The Balaban J connectivity index is 2.07. The number of nitrogens with zero attached hydrogens (tertiary/aromatic N) is 1. The van der Waals surface area contributed by atoms with E-state index in [4.69, 9.17) is 14.2 Å². The van der Waals surface area contributed by atoms with E-state index in [1.54, 1.807) is 68.4 Å². The van der Waals surface area contributed by atoms with Gasteiger partial charge in [-0.1, -0.05) is 121 Å². The van der Waals surface area contributed by atoms with Crippen molar-refractivity contribution in [2.24, 2.45) is 16.2 Å². The van der Waals surface area contributed by atoms with E-state index in [9.17, 15) is 19.2 Å². The fourth-order valence-electron chi connectivity index (χ4n) is 6.05. The van der Waals surface area contributed by atoms with Crippen LogP contribution in [-0.2, 0) is 20.9 Å². The summed E-state index contributed by atoms with van der Waals surface area (Å²) in [5.41, 5.74) is -1.67. The van der Waals surface area contributed by atoms with E-state index in [0.717, 1.165) is 25.7 Å². The smallest absolute Gasteiger partial charge is 0.316 e. The van der Waals surface area contributed by atoms with Crippen LogP contribution in [0.5, 0.6) is 17.2 Å². The Hall–Kier alpha value is -3.94. The number of fused-ring (bicyclic) bond motifs is 1. The van der Waals surface area contributed by atoms with Crippen LogP contribution in [0.1, 0.15) is 159 Å². The SMILES string of the molecule is CCCCCCCCCCCCCCCCn1c(-c2ccccc2)c(OC(=O)C(C)(C)C)c(=O)c2c(OC(=O)C(C)(C)C)cc(OC(=O)C(C)(C)C)cc21. The second-order valence-corrected chi connectivity index (χ2v) is 17.9. The number of aryl methyl sites for hydroxylation is 1. The van der Waals surface area contributed by atoms with E-state index in [1.807, 2.05) is 34.9 Å². The number of benzene rings is 2. The monoisotopic (exact) mass is 745 g/mol. The Morgan fingerprint density at radius 3 is 1.50 bits per heavy atom. The first-order chi connectivity index (χ1) is 25.4. The summed E-state index contributed by atoms with van der Waals surface area (Å²) in [6.45, 7) is 18.4. The molecular formula is C46H67NO7. The lowest BCUT2D eigenvalue weighted by Crippen LogP contribution is -2.30. The lowest BCUT2D eigenvalue weighted by Gasteiger charge is -2.25. The highest BCUT2D eigenvalue weighted by molar-refractivity contribution is 5.95. The number of pyridine rings is 1. The van der Waals surface area contributed by atoms with Crippen molar-refractivity contribution >= 4 is 28.8 Å². The van der Waals surface area contributed by atoms with Crippen LogP contribution >= 0.6 is 0 Å². The molecule has 298 valence electrons. The number of esters is 3. The second-order valence-electron chi connectivity index (χ2n) is 17.9. The molecular weight excluding hydrogens is 679 g/mol. The van der Waals surface area contributed by atoms with E-state index >= 15 is 0 Å². The number of unbranched alkanes of at least 4 members (excludes halogenated alkanes) is 13. The summed E-state index contributed by atoms with van der Waals surface area (Å²) in [4.78, 5) is 54.6. The zero-order chi connectivity index (χ0) is 40.1. The fraction of sp³-hybridized carbons (Fsp3) is 0.609. The topological polar surface area (TPSA) is 101 Å². The zero-order valence-corrected chi connectivity index (χ0v) is 35.0. The number of hydrogen-bond donors (Lipinski definition) is 0. The Bertz CT molecular complexity index is 1750. The first kappa shape index (κ1) is 44.5. The lowest BCUT2D eigenvalue weighted by molar-refractivity contribution is -0.144. The number of ether oxygens (including phenoxy) is 3. The van der Waals surface area contributed by atoms with E-state index < -0.39 is 39.6 Å². The normalized spacial score (nSPS) is 12.2. The zero-order valence-electron chi connectivity index (χ0n) is 35.0. The van der Waals surface area contributed by atoms with Gasteiger partial charge >= 0.3 is 17.9 Å². The summed E-state index contributed by atoms with van der Waals surface area (Å²) < 4.78 is 19.8. The predicted molar refractivity (Wildman–Crippen MR) is 219 cm³/mol. The molecule has 0 aliphatic rings. The molecule has 0 fully saturated rings. The minimum atomic E-state index is -0.901. The van der Waals surface area contributed by atoms with Crippen LogP contribution in [-0.4, -0.2) is 22.5 Å². The molecule has 0 amide bonds. The molecule has 0 aliphatic heterocycles. The second kappa shape index (κ2) is 20.1. The van der Waals surface area contributed by atoms with E-state index in [1.165, 1.54) is 70.3 Å². The molecule has 0 bridgehead atoms.